The lowest BCUT2D eigenvalue weighted by molar-refractivity contribution is 0.353. The van der Waals surface area contributed by atoms with E-state index in [4.69, 9.17) is 11.6 Å². The monoisotopic (exact) mass is 120 g/mol. The maximum atomic E-state index is 11.7. The van der Waals surface area contributed by atoms with Crippen molar-refractivity contribution in [2.75, 3.05) is 0 Å². The van der Waals surface area contributed by atoms with Crippen LogP contribution in [0.1, 0.15) is 0 Å². The summed E-state index contributed by atoms with van der Waals surface area (Å²) in [5.74, 6) is 0. The Morgan fingerprint density at radius 3 is 2.71 bits per heavy atom. The molecule has 0 aliphatic rings. The van der Waals surface area contributed by atoms with Crippen molar-refractivity contribution in [3.63, 3.8) is 0 Å². The number of halogens is 2. The summed E-state index contributed by atoms with van der Waals surface area (Å²) >= 11 is 5.01. The molecule has 0 aliphatic carbocycles. The van der Waals surface area contributed by atoms with Crippen LogP contribution in [0.2, 0.25) is 5.15 Å². The summed E-state index contributed by atoms with van der Waals surface area (Å²) in [7, 11) is 0. The second kappa shape index (κ2) is 1.50. The van der Waals surface area contributed by atoms with E-state index in [1.807, 2.05) is 6.39 Å². The smallest absolute Gasteiger partial charge is 0.317 e. The number of oxazole rings is 1. The number of aromatic nitrogens is 1. The number of hydrogen-bond acceptors (Lipinski definition) is 2. The summed E-state index contributed by atoms with van der Waals surface area (Å²) in [4.78, 5) is 3.11. The van der Waals surface area contributed by atoms with E-state index in [2.05, 4.69) is 9.40 Å². The predicted octanol–water partition coefficient (Wildman–Crippen LogP) is 1.27. The van der Waals surface area contributed by atoms with Gasteiger partial charge < -0.3 is 4.42 Å². The van der Waals surface area contributed by atoms with Gasteiger partial charge in [0.05, 0.1) is 0 Å². The molecule has 0 atom stereocenters. The topological polar surface area (TPSA) is 26.0 Å². The Morgan fingerprint density at radius 1 is 1.86 bits per heavy atom. The molecule has 1 radical (unpaired) electrons. The van der Waals surface area contributed by atoms with Crippen LogP contribution >= 0.6 is 11.6 Å². The largest absolute Gasteiger partial charge is 0.405 e. The van der Waals surface area contributed by atoms with Gasteiger partial charge in [0.2, 0.25) is 5.15 Å². The van der Waals surface area contributed by atoms with Crippen LogP contribution < -0.4 is 0 Å². The second-order valence-electron chi connectivity index (χ2n) is 0.870. The van der Waals surface area contributed by atoms with Crippen LogP contribution in [0.25, 0.3) is 0 Å². The molecule has 0 saturated heterocycles. The molecule has 1 aromatic heterocycles. The van der Waals surface area contributed by atoms with E-state index < -0.39 is 6.01 Å². The minimum absolute atomic E-state index is 0.278. The Morgan fingerprint density at radius 2 is 2.57 bits per heavy atom. The Kier molecular flexibility index (Phi) is 0.982. The normalized spacial score (nSPS) is 9.43. The summed E-state index contributed by atoms with van der Waals surface area (Å²) in [5, 5.41) is -0.278. The standard InChI is InChI=1S/C3ClFNO/c4-2-3(5)7-1-6-2. The molecule has 2 nitrogen and oxygen atoms in total. The third kappa shape index (κ3) is 0.718. The predicted molar refractivity (Wildman–Crippen MR) is 20.3 cm³/mol. The average Bonchev–Trinajstić information content (AvgIpc) is 1.91. The number of hydrogen-bond donors (Lipinski definition) is 0. The van der Waals surface area contributed by atoms with Gasteiger partial charge >= 0.3 is 6.01 Å². The molecular formula is C3ClFNO. The second-order valence-corrected chi connectivity index (χ2v) is 1.23. The Labute approximate surface area is 43.9 Å². The van der Waals surface area contributed by atoms with Gasteiger partial charge in [-0.3, -0.25) is 0 Å². The van der Waals surface area contributed by atoms with Gasteiger partial charge in [-0.05, 0) is 0 Å². The lowest BCUT2D eigenvalue weighted by atomic mass is 10.9. The molecule has 0 N–H and O–H groups in total. The third-order valence-electron chi connectivity index (χ3n) is 0.441. The van der Waals surface area contributed by atoms with Gasteiger partial charge in [-0.2, -0.15) is 9.37 Å². The Balaban J connectivity index is 3.12. The molecule has 0 spiro atoms. The molecular weight excluding hydrogens is 120 g/mol. The van der Waals surface area contributed by atoms with Gasteiger partial charge in [0.15, 0.2) is 0 Å². The molecule has 0 unspecified atom stereocenters. The number of nitrogens with zero attached hydrogens (tertiary/aromatic N) is 1. The highest BCUT2D eigenvalue weighted by Gasteiger charge is 2.00. The zero-order valence-corrected chi connectivity index (χ0v) is 3.87. The summed E-state index contributed by atoms with van der Waals surface area (Å²) < 4.78 is 15.6. The molecule has 1 aromatic rings. The van der Waals surface area contributed by atoms with Crippen molar-refractivity contribution in [1.29, 1.82) is 0 Å². The maximum Gasteiger partial charge on any atom is 0.317 e. The molecule has 0 amide bonds. The van der Waals surface area contributed by atoms with Gasteiger partial charge in [0.1, 0.15) is 0 Å². The molecule has 4 heteroatoms. The minimum atomic E-state index is -0.887. The van der Waals surface area contributed by atoms with Crippen LogP contribution in [-0.2, 0) is 0 Å². The quantitative estimate of drug-likeness (QED) is 0.515. The van der Waals surface area contributed by atoms with Gasteiger partial charge in [0.25, 0.3) is 6.39 Å². The van der Waals surface area contributed by atoms with Gasteiger partial charge in [-0.25, -0.2) is 0 Å². The highest BCUT2D eigenvalue weighted by atomic mass is 35.5. The van der Waals surface area contributed by atoms with Crippen LogP contribution in [0.4, 0.5) is 4.39 Å². The van der Waals surface area contributed by atoms with E-state index in [9.17, 15) is 4.39 Å². The lowest BCUT2D eigenvalue weighted by Gasteiger charge is -1.68. The summed E-state index contributed by atoms with van der Waals surface area (Å²) in [5.41, 5.74) is 0. The van der Waals surface area contributed by atoms with E-state index in [0.29, 0.717) is 0 Å². The highest BCUT2D eigenvalue weighted by Crippen LogP contribution is 2.07. The summed E-state index contributed by atoms with van der Waals surface area (Å²) in [6.07, 6.45) is 1.87. The van der Waals surface area contributed by atoms with E-state index in [0.717, 1.165) is 0 Å². The van der Waals surface area contributed by atoms with Gasteiger partial charge in [-0.1, -0.05) is 11.6 Å². The van der Waals surface area contributed by atoms with Crippen molar-refractivity contribution < 1.29 is 8.81 Å². The van der Waals surface area contributed by atoms with Gasteiger partial charge in [0, 0.05) is 0 Å². The average molecular weight is 120 g/mol. The first kappa shape index (κ1) is 4.59. The van der Waals surface area contributed by atoms with Crippen molar-refractivity contribution in [1.82, 2.24) is 4.98 Å². The van der Waals surface area contributed by atoms with E-state index in [1.165, 1.54) is 0 Å². The van der Waals surface area contributed by atoms with Crippen molar-refractivity contribution >= 4 is 11.6 Å². The zero-order chi connectivity index (χ0) is 5.28. The van der Waals surface area contributed by atoms with Crippen LogP contribution in [0.5, 0.6) is 0 Å². The summed E-state index contributed by atoms with van der Waals surface area (Å²) in [6.45, 7) is 0. The Hall–Kier alpha value is -0.570. The molecule has 7 heavy (non-hydrogen) atoms. The van der Waals surface area contributed by atoms with Crippen LogP contribution in [0.3, 0.4) is 0 Å². The molecule has 0 bridgehead atoms. The molecule has 0 aromatic carbocycles. The third-order valence-corrected chi connectivity index (χ3v) is 0.674. The fourth-order valence-electron chi connectivity index (χ4n) is 0.189. The molecule has 37 valence electrons. The first-order chi connectivity index (χ1) is 3.30. The van der Waals surface area contributed by atoms with Crippen LogP contribution in [0.15, 0.2) is 4.42 Å². The zero-order valence-electron chi connectivity index (χ0n) is 3.11. The molecule has 1 rings (SSSR count). The Bertz CT molecular complexity index is 147. The fraction of sp³-hybridized carbons (Fsp3) is 0. The first-order valence-corrected chi connectivity index (χ1v) is 1.86. The summed E-state index contributed by atoms with van der Waals surface area (Å²) in [6, 6.07) is -0.887. The van der Waals surface area contributed by atoms with Crippen LogP contribution in [0, 0.1) is 12.4 Å². The van der Waals surface area contributed by atoms with Crippen molar-refractivity contribution in [3.05, 3.63) is 17.6 Å². The maximum absolute atomic E-state index is 11.7. The fourth-order valence-corrected chi connectivity index (χ4v) is 0.262. The lowest BCUT2D eigenvalue weighted by Crippen LogP contribution is -1.61. The van der Waals surface area contributed by atoms with E-state index >= 15 is 0 Å². The highest BCUT2D eigenvalue weighted by molar-refractivity contribution is 6.29. The molecule has 0 fully saturated rings. The van der Waals surface area contributed by atoms with Crippen molar-refractivity contribution in [3.8, 4) is 0 Å². The number of rotatable bonds is 0. The van der Waals surface area contributed by atoms with E-state index in [-0.39, 0.29) is 5.15 Å². The van der Waals surface area contributed by atoms with Gasteiger partial charge in [-0.15, -0.1) is 0 Å². The van der Waals surface area contributed by atoms with Crippen molar-refractivity contribution in [2.24, 2.45) is 0 Å². The molecule has 0 saturated carbocycles. The minimum Gasteiger partial charge on any atom is -0.405 e. The van der Waals surface area contributed by atoms with Crippen LogP contribution in [-0.4, -0.2) is 4.98 Å². The molecule has 0 aliphatic heterocycles. The van der Waals surface area contributed by atoms with E-state index in [1.54, 1.807) is 0 Å². The molecule has 1 heterocycles. The van der Waals surface area contributed by atoms with Crippen molar-refractivity contribution in [2.45, 2.75) is 0 Å². The SMILES string of the molecule is Fc1o[c]nc1Cl. The first-order valence-electron chi connectivity index (χ1n) is 1.48.